The topological polar surface area (TPSA) is 117 Å². The van der Waals surface area contributed by atoms with Crippen molar-refractivity contribution >= 4 is 27.6 Å². The van der Waals surface area contributed by atoms with Crippen LogP contribution in [0.2, 0.25) is 0 Å². The SMILES string of the molecule is CCNC(=O)c1cccc(Cc2ncc(C(C)(C)C)c(NCc3cccnc3N(C)S(C)(=O)=O)n2)c1. The summed E-state index contributed by atoms with van der Waals surface area (Å²) in [7, 11) is -1.97. The molecule has 1 aromatic carbocycles. The number of benzene rings is 1. The van der Waals surface area contributed by atoms with E-state index in [0.717, 1.165) is 22.9 Å². The number of hydrogen-bond donors (Lipinski definition) is 2. The summed E-state index contributed by atoms with van der Waals surface area (Å²) in [4.78, 5) is 25.9. The number of amides is 1. The van der Waals surface area contributed by atoms with Crippen LogP contribution in [0.15, 0.2) is 48.8 Å². The zero-order valence-corrected chi connectivity index (χ0v) is 22.5. The van der Waals surface area contributed by atoms with Gasteiger partial charge >= 0.3 is 0 Å². The molecule has 0 spiro atoms. The molecule has 3 rings (SSSR count). The normalized spacial score (nSPS) is 11.7. The van der Waals surface area contributed by atoms with E-state index in [1.807, 2.05) is 37.4 Å². The Balaban J connectivity index is 1.90. The highest BCUT2D eigenvalue weighted by molar-refractivity contribution is 7.92. The molecule has 0 radical (unpaired) electrons. The molecule has 1 amide bonds. The first-order valence-electron chi connectivity index (χ1n) is 11.8. The molecule has 9 nitrogen and oxygen atoms in total. The van der Waals surface area contributed by atoms with E-state index in [1.54, 1.807) is 18.3 Å². The van der Waals surface area contributed by atoms with Gasteiger partial charge in [0.25, 0.3) is 5.91 Å². The fourth-order valence-electron chi connectivity index (χ4n) is 3.64. The second-order valence-electron chi connectivity index (χ2n) is 9.61. The Morgan fingerprint density at radius 2 is 1.86 bits per heavy atom. The van der Waals surface area contributed by atoms with Crippen molar-refractivity contribution in [1.82, 2.24) is 20.3 Å². The van der Waals surface area contributed by atoms with E-state index in [9.17, 15) is 13.2 Å². The van der Waals surface area contributed by atoms with Crippen molar-refractivity contribution < 1.29 is 13.2 Å². The molecule has 0 aliphatic heterocycles. The molecule has 0 saturated carbocycles. The van der Waals surface area contributed by atoms with Gasteiger partial charge < -0.3 is 10.6 Å². The summed E-state index contributed by atoms with van der Waals surface area (Å²) >= 11 is 0. The molecule has 0 aliphatic rings. The number of pyridine rings is 1. The van der Waals surface area contributed by atoms with Gasteiger partial charge in [-0.25, -0.2) is 23.4 Å². The summed E-state index contributed by atoms with van der Waals surface area (Å²) in [5.41, 5.74) is 2.96. The number of carbonyl (C=O) groups excluding carboxylic acids is 1. The number of nitrogens with zero attached hydrogens (tertiary/aromatic N) is 4. The first-order chi connectivity index (χ1) is 16.9. The minimum atomic E-state index is -3.46. The van der Waals surface area contributed by atoms with Gasteiger partial charge in [-0.1, -0.05) is 39.0 Å². The number of rotatable bonds is 9. The van der Waals surface area contributed by atoms with Gasteiger partial charge in [-0.15, -0.1) is 0 Å². The number of hydrogen-bond acceptors (Lipinski definition) is 7. The van der Waals surface area contributed by atoms with Gasteiger partial charge in [0.1, 0.15) is 17.5 Å². The Labute approximate surface area is 213 Å². The number of carbonyl (C=O) groups is 1. The third-order valence-electron chi connectivity index (χ3n) is 5.64. The Kier molecular flexibility index (Phi) is 8.29. The third-order valence-corrected chi connectivity index (χ3v) is 6.81. The van der Waals surface area contributed by atoms with Gasteiger partial charge in [0, 0.05) is 55.6 Å². The lowest BCUT2D eigenvalue weighted by Gasteiger charge is -2.23. The van der Waals surface area contributed by atoms with E-state index in [2.05, 4.69) is 41.4 Å². The lowest BCUT2D eigenvalue weighted by atomic mass is 9.88. The lowest BCUT2D eigenvalue weighted by Crippen LogP contribution is -2.27. The number of aromatic nitrogens is 3. The van der Waals surface area contributed by atoms with E-state index in [4.69, 9.17) is 4.98 Å². The largest absolute Gasteiger partial charge is 0.365 e. The van der Waals surface area contributed by atoms with Crippen molar-refractivity contribution in [3.63, 3.8) is 0 Å². The third kappa shape index (κ3) is 6.78. The monoisotopic (exact) mass is 510 g/mol. The highest BCUT2D eigenvalue weighted by Gasteiger charge is 2.22. The average molecular weight is 511 g/mol. The zero-order valence-electron chi connectivity index (χ0n) is 21.7. The van der Waals surface area contributed by atoms with Crippen LogP contribution in [0.5, 0.6) is 0 Å². The summed E-state index contributed by atoms with van der Waals surface area (Å²) < 4.78 is 25.3. The van der Waals surface area contributed by atoms with E-state index in [1.165, 1.54) is 11.4 Å². The summed E-state index contributed by atoms with van der Waals surface area (Å²) in [6.07, 6.45) is 5.00. The molecule has 0 bridgehead atoms. The quantitative estimate of drug-likeness (QED) is 0.452. The van der Waals surface area contributed by atoms with Crippen LogP contribution in [0.25, 0.3) is 0 Å². The molecule has 0 unspecified atom stereocenters. The highest BCUT2D eigenvalue weighted by atomic mass is 32.2. The first kappa shape index (κ1) is 27.1. The number of anilines is 2. The molecule has 10 heteroatoms. The standard InChI is InChI=1S/C26H34N6O3S/c1-7-27-25(33)19-11-8-10-18(14-19)15-22-29-17-21(26(2,3)4)23(31-22)30-16-20-12-9-13-28-24(20)32(5)36(6,34)35/h8-14,17H,7,15-16H2,1-6H3,(H,27,33)(H,29,30,31). The maximum atomic E-state index is 12.2. The molecule has 2 aromatic heterocycles. The zero-order chi connectivity index (χ0) is 26.5. The van der Waals surface area contributed by atoms with Crippen LogP contribution >= 0.6 is 0 Å². The fraction of sp³-hybridized carbons (Fsp3) is 0.385. The molecule has 36 heavy (non-hydrogen) atoms. The van der Waals surface area contributed by atoms with Gasteiger partial charge in [0.2, 0.25) is 10.0 Å². The number of nitrogens with one attached hydrogen (secondary N) is 2. The van der Waals surface area contributed by atoms with Crippen LogP contribution in [0.4, 0.5) is 11.6 Å². The van der Waals surface area contributed by atoms with E-state index in [0.29, 0.717) is 42.5 Å². The fourth-order valence-corrected chi connectivity index (χ4v) is 4.12. The van der Waals surface area contributed by atoms with Crippen molar-refractivity contribution in [3.05, 3.63) is 76.9 Å². The Morgan fingerprint density at radius 1 is 1.11 bits per heavy atom. The van der Waals surface area contributed by atoms with Gasteiger partial charge in [-0.3, -0.25) is 9.10 Å². The van der Waals surface area contributed by atoms with Crippen LogP contribution in [-0.2, 0) is 28.4 Å². The smallest absolute Gasteiger partial charge is 0.251 e. The Bertz CT molecular complexity index is 1340. The minimum Gasteiger partial charge on any atom is -0.365 e. The molecule has 2 heterocycles. The first-order valence-corrected chi connectivity index (χ1v) is 13.6. The van der Waals surface area contributed by atoms with Gasteiger partial charge in [-0.05, 0) is 36.1 Å². The average Bonchev–Trinajstić information content (AvgIpc) is 2.81. The second-order valence-corrected chi connectivity index (χ2v) is 11.6. The maximum absolute atomic E-state index is 12.2. The van der Waals surface area contributed by atoms with Gasteiger partial charge in [-0.2, -0.15) is 0 Å². The molecule has 0 saturated heterocycles. The van der Waals surface area contributed by atoms with Crippen molar-refractivity contribution in [3.8, 4) is 0 Å². The van der Waals surface area contributed by atoms with Crippen LogP contribution < -0.4 is 14.9 Å². The second kappa shape index (κ2) is 11.0. The van der Waals surface area contributed by atoms with Crippen molar-refractivity contribution in [2.24, 2.45) is 0 Å². The van der Waals surface area contributed by atoms with Crippen molar-refractivity contribution in [2.45, 2.75) is 46.1 Å². The highest BCUT2D eigenvalue weighted by Crippen LogP contribution is 2.29. The predicted octanol–water partition coefficient (Wildman–Crippen LogP) is 3.52. The molecule has 0 aliphatic carbocycles. The molecule has 192 valence electrons. The molecule has 0 atom stereocenters. The Hall–Kier alpha value is -3.53. The van der Waals surface area contributed by atoms with E-state index < -0.39 is 10.0 Å². The maximum Gasteiger partial charge on any atom is 0.251 e. The molecule has 0 fully saturated rings. The molecule has 2 N–H and O–H groups in total. The minimum absolute atomic E-state index is 0.114. The summed E-state index contributed by atoms with van der Waals surface area (Å²) in [6, 6.07) is 11.0. The lowest BCUT2D eigenvalue weighted by molar-refractivity contribution is 0.0955. The molecular weight excluding hydrogens is 476 g/mol. The summed E-state index contributed by atoms with van der Waals surface area (Å²) in [5, 5.41) is 6.19. The van der Waals surface area contributed by atoms with Crippen molar-refractivity contribution in [2.75, 3.05) is 29.5 Å². The summed E-state index contributed by atoms with van der Waals surface area (Å²) in [5.74, 6) is 1.53. The molecule has 3 aromatic rings. The van der Waals surface area contributed by atoms with Gasteiger partial charge in [0.05, 0.1) is 6.26 Å². The van der Waals surface area contributed by atoms with Crippen LogP contribution in [-0.4, -0.2) is 49.1 Å². The molecular formula is C26H34N6O3S. The van der Waals surface area contributed by atoms with Crippen LogP contribution in [0.1, 0.15) is 60.6 Å². The predicted molar refractivity (Wildman–Crippen MR) is 143 cm³/mol. The van der Waals surface area contributed by atoms with Crippen LogP contribution in [0.3, 0.4) is 0 Å². The van der Waals surface area contributed by atoms with E-state index in [-0.39, 0.29) is 11.3 Å². The summed E-state index contributed by atoms with van der Waals surface area (Å²) in [6.45, 7) is 9.02. The van der Waals surface area contributed by atoms with Gasteiger partial charge in [0.15, 0.2) is 0 Å². The van der Waals surface area contributed by atoms with Crippen LogP contribution in [0, 0.1) is 0 Å². The number of sulfonamides is 1. The van der Waals surface area contributed by atoms with Crippen molar-refractivity contribution in [1.29, 1.82) is 0 Å². The Morgan fingerprint density at radius 3 is 2.53 bits per heavy atom. The van der Waals surface area contributed by atoms with E-state index >= 15 is 0 Å².